The van der Waals surface area contributed by atoms with E-state index in [0.717, 1.165) is 45.4 Å². The molecule has 62 heavy (non-hydrogen) atoms. The number of rotatable bonds is 1. The van der Waals surface area contributed by atoms with Crippen LogP contribution in [0.5, 0.6) is 0 Å². The maximum Gasteiger partial charge on any atom is 0.149 e. The summed E-state index contributed by atoms with van der Waals surface area (Å²) in [6.45, 7) is 0. The van der Waals surface area contributed by atoms with Gasteiger partial charge in [-0.1, -0.05) is 170 Å². The molecule has 4 aliphatic carbocycles. The van der Waals surface area contributed by atoms with Gasteiger partial charge in [-0.3, -0.25) is 4.40 Å². The molecule has 9 aromatic carbocycles. The van der Waals surface area contributed by atoms with Crippen molar-refractivity contribution in [3.8, 4) is 44.8 Å². The van der Waals surface area contributed by atoms with E-state index in [1.807, 2.05) is 0 Å². The zero-order valence-corrected chi connectivity index (χ0v) is 33.6. The number of hydrogen-bond donors (Lipinski definition) is 0. The molecule has 0 amide bonds. The van der Waals surface area contributed by atoms with Crippen LogP contribution in [0, 0.1) is 0 Å². The van der Waals surface area contributed by atoms with Gasteiger partial charge in [0.05, 0.1) is 27.4 Å². The minimum absolute atomic E-state index is 0.485. The summed E-state index contributed by atoms with van der Waals surface area (Å²) in [6, 6.07) is 75.1. The highest BCUT2D eigenvalue weighted by atomic mass is 15.1. The molecule has 4 aliphatic rings. The maximum absolute atomic E-state index is 5.48. The molecular formula is C59H35N3. The third-order valence-corrected chi connectivity index (χ3v) is 14.9. The quantitative estimate of drug-likeness (QED) is 0.166. The van der Waals surface area contributed by atoms with E-state index in [1.54, 1.807) is 0 Å². The summed E-state index contributed by atoms with van der Waals surface area (Å²) in [5.74, 6) is 0.897. The third-order valence-electron chi connectivity index (χ3n) is 14.9. The summed E-state index contributed by atoms with van der Waals surface area (Å²) in [5.41, 5.74) is 25.4. The van der Waals surface area contributed by atoms with Crippen molar-refractivity contribution >= 4 is 27.6 Å². The number of imidazole rings is 1. The van der Waals surface area contributed by atoms with Gasteiger partial charge in [-0.25, -0.2) is 9.97 Å². The molecule has 0 fully saturated rings. The summed E-state index contributed by atoms with van der Waals surface area (Å²) in [7, 11) is 0. The smallest absolute Gasteiger partial charge is 0.149 e. The van der Waals surface area contributed by atoms with E-state index < -0.39 is 10.8 Å². The molecule has 0 atom stereocenters. The van der Waals surface area contributed by atoms with E-state index in [9.17, 15) is 0 Å². The second-order valence-electron chi connectivity index (χ2n) is 17.5. The number of nitrogens with zero attached hydrogens (tertiary/aromatic N) is 3. The van der Waals surface area contributed by atoms with Gasteiger partial charge < -0.3 is 0 Å². The Labute approximate surface area is 358 Å². The monoisotopic (exact) mass is 785 g/mol. The van der Waals surface area contributed by atoms with Gasteiger partial charge in [-0.2, -0.15) is 0 Å². The fourth-order valence-corrected chi connectivity index (χ4v) is 12.7. The van der Waals surface area contributed by atoms with Crippen LogP contribution in [0.15, 0.2) is 200 Å². The Balaban J connectivity index is 1.10. The van der Waals surface area contributed by atoms with Gasteiger partial charge in [0.1, 0.15) is 11.5 Å². The Kier molecular flexibility index (Phi) is 6.09. The van der Waals surface area contributed by atoms with E-state index in [4.69, 9.17) is 9.97 Å². The topological polar surface area (TPSA) is 30.2 Å². The molecule has 3 heteroatoms. The van der Waals surface area contributed by atoms with Gasteiger partial charge in [0.25, 0.3) is 0 Å². The first kappa shape index (κ1) is 32.9. The minimum atomic E-state index is -0.589. The van der Waals surface area contributed by atoms with E-state index in [0.29, 0.717) is 0 Å². The van der Waals surface area contributed by atoms with Gasteiger partial charge in [-0.15, -0.1) is 0 Å². The highest BCUT2D eigenvalue weighted by molar-refractivity contribution is 6.03. The fourth-order valence-electron chi connectivity index (χ4n) is 12.7. The van der Waals surface area contributed by atoms with E-state index in [-0.39, 0.29) is 0 Å². The Bertz CT molecular complexity index is 3720. The summed E-state index contributed by atoms with van der Waals surface area (Å²) in [5, 5.41) is 1.05. The predicted octanol–water partition coefficient (Wildman–Crippen LogP) is 13.3. The molecule has 2 spiro atoms. The first-order valence-electron chi connectivity index (χ1n) is 21.7. The highest BCUT2D eigenvalue weighted by Gasteiger charge is 2.59. The predicted molar refractivity (Wildman–Crippen MR) is 250 cm³/mol. The lowest BCUT2D eigenvalue weighted by molar-refractivity contribution is 0.633. The molecule has 0 saturated carbocycles. The molecule has 11 aromatic rings. The summed E-state index contributed by atoms with van der Waals surface area (Å²) >= 11 is 0. The summed E-state index contributed by atoms with van der Waals surface area (Å²) in [6.07, 6.45) is 0.929. The molecule has 0 aliphatic heterocycles. The van der Waals surface area contributed by atoms with Crippen LogP contribution in [0.4, 0.5) is 0 Å². The number of para-hydroxylation sites is 3. The summed E-state index contributed by atoms with van der Waals surface area (Å²) < 4.78 is 2.28. The average molecular weight is 786 g/mol. The fraction of sp³-hybridized carbons (Fsp3) is 0.0508. The Morgan fingerprint density at radius 2 is 0.903 bits per heavy atom. The Morgan fingerprint density at radius 3 is 1.61 bits per heavy atom. The van der Waals surface area contributed by atoms with Crippen molar-refractivity contribution in [2.24, 2.45) is 0 Å². The van der Waals surface area contributed by atoms with Crippen LogP contribution in [0.3, 0.4) is 0 Å². The van der Waals surface area contributed by atoms with Gasteiger partial charge in [-0.05, 0) is 126 Å². The third kappa shape index (κ3) is 3.73. The zero-order valence-electron chi connectivity index (χ0n) is 33.6. The first-order valence-corrected chi connectivity index (χ1v) is 21.7. The van der Waals surface area contributed by atoms with Crippen molar-refractivity contribution in [3.63, 3.8) is 0 Å². The minimum Gasteiger partial charge on any atom is -0.276 e. The lowest BCUT2D eigenvalue weighted by Crippen LogP contribution is -2.43. The van der Waals surface area contributed by atoms with Crippen LogP contribution < -0.4 is 0 Å². The van der Waals surface area contributed by atoms with Gasteiger partial charge in [0.15, 0.2) is 0 Å². The molecule has 0 N–H and O–H groups in total. The van der Waals surface area contributed by atoms with Crippen molar-refractivity contribution in [1.82, 2.24) is 14.4 Å². The number of aromatic nitrogens is 3. The number of hydrogen-bond acceptors (Lipinski definition) is 2. The van der Waals surface area contributed by atoms with Crippen LogP contribution in [-0.4, -0.2) is 14.4 Å². The maximum atomic E-state index is 5.48. The normalized spacial score (nSPS) is 15.0. The summed E-state index contributed by atoms with van der Waals surface area (Å²) in [4.78, 5) is 10.7. The van der Waals surface area contributed by atoms with Crippen molar-refractivity contribution in [1.29, 1.82) is 0 Å². The largest absolute Gasteiger partial charge is 0.276 e. The molecule has 0 unspecified atom stereocenters. The van der Waals surface area contributed by atoms with Crippen molar-refractivity contribution in [2.45, 2.75) is 17.3 Å². The van der Waals surface area contributed by atoms with Crippen molar-refractivity contribution in [3.05, 3.63) is 256 Å². The van der Waals surface area contributed by atoms with E-state index in [1.165, 1.54) is 89.0 Å². The molecule has 15 rings (SSSR count). The SMILES string of the molecule is c1ccc2c(c1)Cc1ccc3c(c1-2)-c1cc(-c2nc4ccccc4c4nc5ccccc5n24)ccc1C31c2ccccc2C2(c3ccccc3-c3ccccc32)c2ccccc21. The average Bonchev–Trinajstić information content (AvgIpc) is 4.07. The molecule has 2 heterocycles. The molecule has 3 nitrogen and oxygen atoms in total. The van der Waals surface area contributed by atoms with E-state index >= 15 is 0 Å². The standard InChI is InChI=1S/C59H35N3/c1-2-16-38-35(15-1)33-36-29-32-50-55(54(36)38)42-34-37(56-60-51-26-12-5-19-41(51)57-61-52-27-13-14-28-53(52)62(56)57)30-31-45(42)59(50)48-24-10-8-22-46(48)58(47-23-9-11-25-49(47)59)43-20-6-3-17-39(43)40-18-4-7-21-44(40)58/h1-32,34H,33H2. The molecular weight excluding hydrogens is 751 g/mol. The van der Waals surface area contributed by atoms with Crippen LogP contribution >= 0.6 is 0 Å². The number of benzene rings is 9. The number of fused-ring (bicyclic) bond motifs is 25. The van der Waals surface area contributed by atoms with Crippen molar-refractivity contribution in [2.75, 3.05) is 0 Å². The first-order chi connectivity index (χ1) is 30.8. The van der Waals surface area contributed by atoms with Gasteiger partial charge >= 0.3 is 0 Å². The second kappa shape index (κ2) is 11.5. The molecule has 286 valence electrons. The molecule has 0 bridgehead atoms. The molecule has 0 saturated heterocycles. The zero-order chi connectivity index (χ0) is 40.3. The van der Waals surface area contributed by atoms with Crippen LogP contribution in [0.2, 0.25) is 0 Å². The lowest BCUT2D eigenvalue weighted by atomic mass is 9.52. The molecule has 0 radical (unpaired) electrons. The van der Waals surface area contributed by atoms with Gasteiger partial charge in [0.2, 0.25) is 0 Å². The molecule has 2 aromatic heterocycles. The van der Waals surface area contributed by atoms with Crippen molar-refractivity contribution < 1.29 is 0 Å². The van der Waals surface area contributed by atoms with Gasteiger partial charge in [0, 0.05) is 10.9 Å². The van der Waals surface area contributed by atoms with E-state index in [2.05, 4.69) is 205 Å². The lowest BCUT2D eigenvalue weighted by Gasteiger charge is -2.48. The Hall–Kier alpha value is -7.88. The van der Waals surface area contributed by atoms with Crippen LogP contribution in [0.1, 0.15) is 55.6 Å². The van der Waals surface area contributed by atoms with Crippen LogP contribution in [0.25, 0.3) is 72.4 Å². The van der Waals surface area contributed by atoms with Crippen LogP contribution in [-0.2, 0) is 17.3 Å². The Morgan fingerprint density at radius 1 is 0.371 bits per heavy atom. The second-order valence-corrected chi connectivity index (χ2v) is 17.5. The highest BCUT2D eigenvalue weighted by Crippen LogP contribution is 2.68.